The van der Waals surface area contributed by atoms with Crippen molar-refractivity contribution in [2.75, 3.05) is 31.6 Å². The van der Waals surface area contributed by atoms with Crippen LogP contribution in [0.5, 0.6) is 5.75 Å². The Morgan fingerprint density at radius 3 is 2.76 bits per heavy atom. The third-order valence-electron chi connectivity index (χ3n) is 2.53. The fourth-order valence-electron chi connectivity index (χ4n) is 1.56. The highest BCUT2D eigenvalue weighted by atomic mass is 79.9. The zero-order valence-corrected chi connectivity index (χ0v) is 13.3. The van der Waals surface area contributed by atoms with E-state index < -0.39 is 0 Å². The molecule has 1 aromatic carbocycles. The average molecular weight is 365 g/mol. The van der Waals surface area contributed by atoms with Crippen LogP contribution in [0.25, 0.3) is 0 Å². The van der Waals surface area contributed by atoms with Gasteiger partial charge in [0.2, 0.25) is 0 Å². The number of likely N-dealkylation sites (N-methyl/N-ethyl adjacent to an activating group) is 1. The lowest BCUT2D eigenvalue weighted by Crippen LogP contribution is -2.29. The van der Waals surface area contributed by atoms with Crippen LogP contribution in [0.3, 0.4) is 0 Å². The predicted molar refractivity (Wildman–Crippen MR) is 80.2 cm³/mol. The molecule has 0 radical (unpaired) electrons. The highest BCUT2D eigenvalue weighted by molar-refractivity contribution is 9.10. The first-order valence-corrected chi connectivity index (χ1v) is 7.84. The lowest BCUT2D eigenvalue weighted by atomic mass is 10.3. The van der Waals surface area contributed by atoms with E-state index in [4.69, 9.17) is 4.74 Å². The van der Waals surface area contributed by atoms with Gasteiger partial charge in [-0.25, -0.2) is 0 Å². The zero-order valence-electron chi connectivity index (χ0n) is 10.2. The van der Waals surface area contributed by atoms with Crippen LogP contribution in [0, 0.1) is 0 Å². The van der Waals surface area contributed by atoms with E-state index in [0.29, 0.717) is 0 Å². The van der Waals surface area contributed by atoms with Gasteiger partial charge in [-0.1, -0.05) is 44.8 Å². The van der Waals surface area contributed by atoms with Crippen LogP contribution >= 0.6 is 31.9 Å². The highest BCUT2D eigenvalue weighted by Gasteiger charge is 2.02. The molecular weight excluding hydrogens is 346 g/mol. The number of hydrogen-bond acceptors (Lipinski definition) is 2. The minimum absolute atomic E-state index is 0.743. The summed E-state index contributed by atoms with van der Waals surface area (Å²) in [7, 11) is 0. The Hall–Kier alpha value is -0.0600. The molecule has 1 rings (SSSR count). The van der Waals surface area contributed by atoms with Gasteiger partial charge in [-0.15, -0.1) is 0 Å². The maximum absolute atomic E-state index is 5.72. The third-order valence-corrected chi connectivity index (χ3v) is 3.58. The Balaban J connectivity index is 2.26. The largest absolute Gasteiger partial charge is 0.492 e. The number of benzene rings is 1. The van der Waals surface area contributed by atoms with E-state index in [9.17, 15) is 0 Å². The van der Waals surface area contributed by atoms with Crippen molar-refractivity contribution in [2.45, 2.75) is 13.3 Å². The van der Waals surface area contributed by atoms with E-state index in [1.807, 2.05) is 24.3 Å². The maximum atomic E-state index is 5.72. The Bertz CT molecular complexity index is 320. The molecule has 0 unspecified atom stereocenters. The van der Waals surface area contributed by atoms with Gasteiger partial charge >= 0.3 is 0 Å². The van der Waals surface area contributed by atoms with Gasteiger partial charge in [0, 0.05) is 16.3 Å². The summed E-state index contributed by atoms with van der Waals surface area (Å²) in [5.41, 5.74) is 0. The zero-order chi connectivity index (χ0) is 12.5. The van der Waals surface area contributed by atoms with E-state index in [1.54, 1.807) is 0 Å². The molecule has 0 N–H and O–H groups in total. The Morgan fingerprint density at radius 2 is 2.12 bits per heavy atom. The quantitative estimate of drug-likeness (QED) is 0.648. The summed E-state index contributed by atoms with van der Waals surface area (Å²) in [6.45, 7) is 6.12. The second-order valence-electron chi connectivity index (χ2n) is 3.78. The molecule has 96 valence electrons. The van der Waals surface area contributed by atoms with Crippen molar-refractivity contribution in [3.8, 4) is 5.75 Å². The van der Waals surface area contributed by atoms with Crippen molar-refractivity contribution in [1.29, 1.82) is 0 Å². The van der Waals surface area contributed by atoms with Gasteiger partial charge < -0.3 is 9.64 Å². The molecule has 0 aliphatic heterocycles. The molecule has 4 heteroatoms. The molecule has 0 aliphatic carbocycles. The molecule has 0 atom stereocenters. The number of nitrogens with zero attached hydrogens (tertiary/aromatic N) is 1. The van der Waals surface area contributed by atoms with E-state index in [0.717, 1.165) is 41.8 Å². The van der Waals surface area contributed by atoms with E-state index >= 15 is 0 Å². The maximum Gasteiger partial charge on any atom is 0.120 e. The van der Waals surface area contributed by atoms with Gasteiger partial charge in [0.05, 0.1) is 0 Å². The minimum Gasteiger partial charge on any atom is -0.492 e. The molecule has 1 aromatic rings. The van der Waals surface area contributed by atoms with E-state index in [-0.39, 0.29) is 0 Å². The summed E-state index contributed by atoms with van der Waals surface area (Å²) >= 11 is 6.89. The molecule has 0 aliphatic rings. The molecule has 0 amide bonds. The van der Waals surface area contributed by atoms with Crippen molar-refractivity contribution >= 4 is 31.9 Å². The van der Waals surface area contributed by atoms with Crippen LogP contribution in [0.4, 0.5) is 0 Å². The second kappa shape index (κ2) is 8.95. The summed E-state index contributed by atoms with van der Waals surface area (Å²) < 4.78 is 6.77. The van der Waals surface area contributed by atoms with Crippen molar-refractivity contribution < 1.29 is 4.74 Å². The highest BCUT2D eigenvalue weighted by Crippen LogP contribution is 2.17. The van der Waals surface area contributed by atoms with E-state index in [1.165, 1.54) is 6.42 Å². The number of hydrogen-bond donors (Lipinski definition) is 0. The summed E-state index contributed by atoms with van der Waals surface area (Å²) in [6.07, 6.45) is 1.19. The number of rotatable bonds is 8. The minimum atomic E-state index is 0.743. The lowest BCUT2D eigenvalue weighted by molar-refractivity contribution is 0.216. The smallest absolute Gasteiger partial charge is 0.120 e. The summed E-state index contributed by atoms with van der Waals surface area (Å²) in [5, 5.41) is 1.07. The Labute approximate surface area is 121 Å². The first-order chi connectivity index (χ1) is 8.26. The van der Waals surface area contributed by atoms with Crippen LogP contribution in [0.2, 0.25) is 0 Å². The van der Waals surface area contributed by atoms with Crippen LogP contribution in [0.1, 0.15) is 13.3 Å². The van der Waals surface area contributed by atoms with Gasteiger partial charge in [-0.05, 0) is 37.7 Å². The number of halogens is 2. The van der Waals surface area contributed by atoms with Gasteiger partial charge in [0.25, 0.3) is 0 Å². The van der Waals surface area contributed by atoms with Crippen molar-refractivity contribution in [3.05, 3.63) is 28.7 Å². The molecule has 0 fully saturated rings. The summed E-state index contributed by atoms with van der Waals surface area (Å²) in [5.74, 6) is 0.927. The van der Waals surface area contributed by atoms with Gasteiger partial charge in [-0.2, -0.15) is 0 Å². The van der Waals surface area contributed by atoms with Gasteiger partial charge in [0.1, 0.15) is 12.4 Å². The Morgan fingerprint density at radius 1 is 1.29 bits per heavy atom. The molecule has 0 saturated carbocycles. The first kappa shape index (κ1) is 15.0. The number of alkyl halides is 1. The molecule has 2 nitrogen and oxygen atoms in total. The van der Waals surface area contributed by atoms with Crippen LogP contribution in [-0.2, 0) is 0 Å². The molecule has 0 aromatic heterocycles. The lowest BCUT2D eigenvalue weighted by Gasteiger charge is -2.19. The Kier molecular flexibility index (Phi) is 7.90. The normalized spacial score (nSPS) is 10.8. The first-order valence-electron chi connectivity index (χ1n) is 5.93. The molecule has 17 heavy (non-hydrogen) atoms. The van der Waals surface area contributed by atoms with E-state index in [2.05, 4.69) is 43.7 Å². The third kappa shape index (κ3) is 6.43. The molecular formula is C13H19Br2NO. The monoisotopic (exact) mass is 363 g/mol. The van der Waals surface area contributed by atoms with Crippen LogP contribution in [-0.4, -0.2) is 36.5 Å². The SMILES string of the molecule is CCN(CCCBr)CCOc1cccc(Br)c1. The topological polar surface area (TPSA) is 12.5 Å². The van der Waals surface area contributed by atoms with Crippen molar-refractivity contribution in [1.82, 2.24) is 4.90 Å². The second-order valence-corrected chi connectivity index (χ2v) is 5.49. The van der Waals surface area contributed by atoms with Crippen LogP contribution in [0.15, 0.2) is 28.7 Å². The molecule has 0 spiro atoms. The van der Waals surface area contributed by atoms with Crippen LogP contribution < -0.4 is 4.74 Å². The molecule has 0 heterocycles. The van der Waals surface area contributed by atoms with Gasteiger partial charge in [0.15, 0.2) is 0 Å². The molecule has 0 bridgehead atoms. The van der Waals surface area contributed by atoms with Crippen molar-refractivity contribution in [3.63, 3.8) is 0 Å². The van der Waals surface area contributed by atoms with Gasteiger partial charge in [-0.3, -0.25) is 0 Å². The summed E-state index contributed by atoms with van der Waals surface area (Å²) in [4.78, 5) is 2.40. The molecule has 0 saturated heterocycles. The summed E-state index contributed by atoms with van der Waals surface area (Å²) in [6, 6.07) is 7.97. The fourth-order valence-corrected chi connectivity index (χ4v) is 2.19. The fraction of sp³-hybridized carbons (Fsp3) is 0.538. The number of ether oxygens (including phenoxy) is 1. The van der Waals surface area contributed by atoms with Crippen molar-refractivity contribution in [2.24, 2.45) is 0 Å². The standard InChI is InChI=1S/C13H19Br2NO/c1-2-16(8-4-7-14)9-10-17-13-6-3-5-12(15)11-13/h3,5-6,11H,2,4,7-10H2,1H3. The average Bonchev–Trinajstić information content (AvgIpc) is 2.33. The predicted octanol–water partition coefficient (Wildman–Crippen LogP) is 3.93.